The van der Waals surface area contributed by atoms with Crippen LogP contribution in [0.1, 0.15) is 55.4 Å². The quantitative estimate of drug-likeness (QED) is 0.434. The predicted molar refractivity (Wildman–Crippen MR) is 150 cm³/mol. The Morgan fingerprint density at radius 3 is 2.76 bits per heavy atom. The van der Waals surface area contributed by atoms with Gasteiger partial charge in [0, 0.05) is 41.1 Å². The molecule has 3 heterocycles. The Morgan fingerprint density at radius 2 is 1.95 bits per heavy atom. The standard InChI is InChI=1S/C31H36FN5O/c1-19-12-21-14-25(32)23(15-27(21)33-19)20-6-7-28-22(13-20)17-37(10-11-38-28)30-24-16-31(2,3)9-8-26(24)34-29(35-30)18-36(4)5/h6-7,13-15H,8-12,16-18H2,1-5H3. The zero-order valence-electron chi connectivity index (χ0n) is 23.1. The topological polar surface area (TPSA) is 53.9 Å². The molecule has 0 N–H and O–H groups in total. The highest BCUT2D eigenvalue weighted by Gasteiger charge is 2.32. The average Bonchev–Trinajstić information content (AvgIpc) is 3.07. The number of aryl methyl sites for hydroxylation is 1. The Balaban J connectivity index is 1.39. The number of nitrogens with zero attached hydrogens (tertiary/aromatic N) is 5. The number of fused-ring (bicyclic) bond motifs is 3. The molecule has 1 aromatic heterocycles. The molecule has 7 heteroatoms. The summed E-state index contributed by atoms with van der Waals surface area (Å²) in [5, 5.41) is 0. The van der Waals surface area contributed by atoms with Crippen molar-refractivity contribution >= 4 is 17.2 Å². The number of halogens is 1. The van der Waals surface area contributed by atoms with E-state index < -0.39 is 0 Å². The SMILES string of the molecule is CC1=Nc2cc(-c3ccc4c(c3)CN(c3nc(CN(C)C)nc5c3CC(C)(C)CC5)CCO4)c(F)cc2C1. The lowest BCUT2D eigenvalue weighted by Crippen LogP contribution is -2.32. The van der Waals surface area contributed by atoms with Crippen LogP contribution in [0.25, 0.3) is 11.1 Å². The van der Waals surface area contributed by atoms with Crippen LogP contribution < -0.4 is 9.64 Å². The van der Waals surface area contributed by atoms with Crippen LogP contribution in [0.3, 0.4) is 0 Å². The summed E-state index contributed by atoms with van der Waals surface area (Å²) in [4.78, 5) is 19.2. The molecular weight excluding hydrogens is 477 g/mol. The van der Waals surface area contributed by atoms with Crippen LogP contribution in [-0.2, 0) is 32.4 Å². The summed E-state index contributed by atoms with van der Waals surface area (Å²) >= 11 is 0. The first-order valence-electron chi connectivity index (χ1n) is 13.6. The number of hydrogen-bond acceptors (Lipinski definition) is 6. The fraction of sp³-hybridized carbons (Fsp3) is 0.452. The van der Waals surface area contributed by atoms with E-state index in [9.17, 15) is 0 Å². The Hall–Kier alpha value is -3.32. The molecule has 1 aliphatic carbocycles. The molecule has 0 atom stereocenters. The van der Waals surface area contributed by atoms with Crippen LogP contribution in [0, 0.1) is 11.2 Å². The van der Waals surface area contributed by atoms with Gasteiger partial charge in [0.25, 0.3) is 0 Å². The summed E-state index contributed by atoms with van der Waals surface area (Å²) in [6, 6.07) is 9.53. The first-order chi connectivity index (χ1) is 18.1. The van der Waals surface area contributed by atoms with Crippen LogP contribution in [0.2, 0.25) is 0 Å². The van der Waals surface area contributed by atoms with Gasteiger partial charge in [-0.25, -0.2) is 14.4 Å². The first kappa shape index (κ1) is 25.0. The van der Waals surface area contributed by atoms with Crippen LogP contribution in [0.15, 0.2) is 35.3 Å². The Morgan fingerprint density at radius 1 is 1.11 bits per heavy atom. The number of rotatable bonds is 4. The highest BCUT2D eigenvalue weighted by molar-refractivity contribution is 5.93. The molecule has 3 aromatic rings. The Labute approximate surface area is 224 Å². The van der Waals surface area contributed by atoms with E-state index in [1.165, 1.54) is 11.3 Å². The van der Waals surface area contributed by atoms with Gasteiger partial charge < -0.3 is 14.5 Å². The minimum absolute atomic E-state index is 0.208. The highest BCUT2D eigenvalue weighted by atomic mass is 19.1. The molecule has 6 nitrogen and oxygen atoms in total. The lowest BCUT2D eigenvalue weighted by atomic mass is 9.76. The third kappa shape index (κ3) is 4.80. The molecule has 6 rings (SSSR count). The molecule has 0 spiro atoms. The highest BCUT2D eigenvalue weighted by Crippen LogP contribution is 2.40. The van der Waals surface area contributed by atoms with E-state index in [-0.39, 0.29) is 11.2 Å². The van der Waals surface area contributed by atoms with Crippen LogP contribution >= 0.6 is 0 Å². The summed E-state index contributed by atoms with van der Waals surface area (Å²) in [6.45, 7) is 9.30. The second-order valence-electron chi connectivity index (χ2n) is 12.0. The normalized spacial score (nSPS) is 17.9. The molecule has 0 radical (unpaired) electrons. The minimum Gasteiger partial charge on any atom is -0.491 e. The first-order valence-corrected chi connectivity index (χ1v) is 13.6. The smallest absolute Gasteiger partial charge is 0.144 e. The van der Waals surface area contributed by atoms with Gasteiger partial charge in [0.1, 0.15) is 29.8 Å². The summed E-state index contributed by atoms with van der Waals surface area (Å²) in [5.74, 6) is 2.53. The van der Waals surface area contributed by atoms with Crippen molar-refractivity contribution in [3.05, 3.63) is 64.4 Å². The zero-order valence-corrected chi connectivity index (χ0v) is 23.1. The van der Waals surface area contributed by atoms with E-state index in [4.69, 9.17) is 14.7 Å². The van der Waals surface area contributed by atoms with E-state index in [1.54, 1.807) is 6.07 Å². The Bertz CT molecular complexity index is 1440. The van der Waals surface area contributed by atoms with Gasteiger partial charge in [-0.1, -0.05) is 19.9 Å². The fourth-order valence-electron chi connectivity index (χ4n) is 5.93. The van der Waals surface area contributed by atoms with Gasteiger partial charge in [-0.2, -0.15) is 0 Å². The third-order valence-electron chi connectivity index (χ3n) is 7.85. The summed E-state index contributed by atoms with van der Waals surface area (Å²) in [6.07, 6.45) is 3.78. The average molecular weight is 514 g/mol. The Kier molecular flexibility index (Phi) is 6.22. The van der Waals surface area contributed by atoms with Crippen molar-refractivity contribution in [3.8, 4) is 16.9 Å². The van der Waals surface area contributed by atoms with Crippen molar-refractivity contribution in [3.63, 3.8) is 0 Å². The molecule has 0 unspecified atom stereocenters. The van der Waals surface area contributed by atoms with Crippen molar-refractivity contribution in [1.29, 1.82) is 0 Å². The molecule has 2 aromatic carbocycles. The zero-order chi connectivity index (χ0) is 26.6. The molecule has 0 bridgehead atoms. The monoisotopic (exact) mass is 513 g/mol. The molecular formula is C31H36FN5O. The van der Waals surface area contributed by atoms with Gasteiger partial charge in [0.2, 0.25) is 0 Å². The van der Waals surface area contributed by atoms with Crippen LogP contribution in [-0.4, -0.2) is 47.8 Å². The van der Waals surface area contributed by atoms with Gasteiger partial charge in [-0.05, 0) is 81.1 Å². The van der Waals surface area contributed by atoms with Crippen LogP contribution in [0.4, 0.5) is 15.9 Å². The van der Waals surface area contributed by atoms with E-state index in [2.05, 4.69) is 34.7 Å². The van der Waals surface area contributed by atoms with Crippen molar-refractivity contribution in [1.82, 2.24) is 14.9 Å². The number of aromatic nitrogens is 2. The van der Waals surface area contributed by atoms with Crippen molar-refractivity contribution in [2.45, 2.75) is 59.5 Å². The van der Waals surface area contributed by atoms with Crippen LogP contribution in [0.5, 0.6) is 5.75 Å². The molecule has 0 fully saturated rings. The second kappa shape index (κ2) is 9.45. The number of ether oxygens (including phenoxy) is 1. The van der Waals surface area contributed by atoms with Gasteiger partial charge in [0.15, 0.2) is 0 Å². The maximum atomic E-state index is 15.2. The molecule has 3 aliphatic rings. The molecule has 2 aliphatic heterocycles. The lowest BCUT2D eigenvalue weighted by molar-refractivity contribution is 0.308. The maximum Gasteiger partial charge on any atom is 0.144 e. The van der Waals surface area contributed by atoms with E-state index in [1.807, 2.05) is 39.2 Å². The van der Waals surface area contributed by atoms with Gasteiger partial charge >= 0.3 is 0 Å². The number of anilines is 1. The molecule has 0 amide bonds. The van der Waals surface area contributed by atoms with Crippen molar-refractivity contribution in [2.75, 3.05) is 32.1 Å². The number of benzene rings is 2. The van der Waals surface area contributed by atoms with Gasteiger partial charge in [-0.15, -0.1) is 0 Å². The van der Waals surface area contributed by atoms with Crippen molar-refractivity contribution in [2.24, 2.45) is 10.4 Å². The molecule has 0 saturated carbocycles. The predicted octanol–water partition coefficient (Wildman–Crippen LogP) is 5.91. The van der Waals surface area contributed by atoms with Crippen molar-refractivity contribution < 1.29 is 9.13 Å². The molecule has 0 saturated heterocycles. The third-order valence-corrected chi connectivity index (χ3v) is 7.85. The lowest BCUT2D eigenvalue weighted by Gasteiger charge is -2.34. The van der Waals surface area contributed by atoms with E-state index >= 15 is 4.39 Å². The fourth-order valence-corrected chi connectivity index (χ4v) is 5.93. The van der Waals surface area contributed by atoms with Gasteiger partial charge in [0.05, 0.1) is 18.8 Å². The summed E-state index contributed by atoms with van der Waals surface area (Å²) < 4.78 is 21.4. The van der Waals surface area contributed by atoms with E-state index in [0.717, 1.165) is 77.7 Å². The minimum atomic E-state index is -0.208. The summed E-state index contributed by atoms with van der Waals surface area (Å²) in [5.41, 5.74) is 7.97. The number of hydrogen-bond donors (Lipinski definition) is 0. The molecule has 38 heavy (non-hydrogen) atoms. The number of aliphatic imine (C=N–C) groups is 1. The second-order valence-corrected chi connectivity index (χ2v) is 12.0. The van der Waals surface area contributed by atoms with E-state index in [0.29, 0.717) is 25.3 Å². The van der Waals surface area contributed by atoms with Gasteiger partial charge in [-0.3, -0.25) is 4.99 Å². The largest absolute Gasteiger partial charge is 0.491 e. The molecule has 198 valence electrons. The summed E-state index contributed by atoms with van der Waals surface area (Å²) in [7, 11) is 4.10. The maximum absolute atomic E-state index is 15.2.